The minimum Gasteiger partial charge on any atom is -0.456 e. The second-order valence-corrected chi connectivity index (χ2v) is 6.17. The van der Waals surface area contributed by atoms with Crippen molar-refractivity contribution in [3.63, 3.8) is 0 Å². The number of hydrogen-bond acceptors (Lipinski definition) is 3. The first-order valence-corrected chi connectivity index (χ1v) is 8.00. The number of esters is 1. The average molecular weight is 292 g/mol. The Morgan fingerprint density at radius 3 is 2.33 bits per heavy atom. The molecule has 1 aliphatic rings. The van der Waals surface area contributed by atoms with Gasteiger partial charge in [-0.05, 0) is 52.5 Å². The molecular weight excluding hydrogens is 264 g/mol. The number of Topliss-reactive ketones (excluding diaryl/α,β-unsaturated/α-hetero) is 1. The highest BCUT2D eigenvalue weighted by molar-refractivity contribution is 6.34. The summed E-state index contributed by atoms with van der Waals surface area (Å²) in [6, 6.07) is 0. The summed E-state index contributed by atoms with van der Waals surface area (Å²) < 4.78 is 5.07. The predicted octanol–water partition coefficient (Wildman–Crippen LogP) is 4.37. The molecule has 0 spiro atoms. The van der Waals surface area contributed by atoms with Crippen LogP contribution in [-0.4, -0.2) is 18.4 Å². The fourth-order valence-electron chi connectivity index (χ4n) is 2.55. The molecule has 21 heavy (non-hydrogen) atoms. The first kappa shape index (κ1) is 17.7. The second-order valence-electron chi connectivity index (χ2n) is 6.17. The smallest absolute Gasteiger partial charge is 0.375 e. The number of ether oxygens (including phenoxy) is 1. The van der Waals surface area contributed by atoms with E-state index in [1.54, 1.807) is 0 Å². The van der Waals surface area contributed by atoms with Crippen LogP contribution in [-0.2, 0) is 14.3 Å². The van der Waals surface area contributed by atoms with Gasteiger partial charge in [0.15, 0.2) is 0 Å². The number of carbonyl (C=O) groups excluding carboxylic acids is 2. The molecule has 0 N–H and O–H groups in total. The van der Waals surface area contributed by atoms with Crippen molar-refractivity contribution in [1.29, 1.82) is 0 Å². The molecule has 3 heteroatoms. The third-order valence-corrected chi connectivity index (χ3v) is 3.91. The molecule has 0 radical (unpaired) electrons. The van der Waals surface area contributed by atoms with Gasteiger partial charge in [0.1, 0.15) is 6.61 Å². The Bertz CT molecular complexity index is 408. The Kier molecular flexibility index (Phi) is 8.03. The summed E-state index contributed by atoms with van der Waals surface area (Å²) in [5.74, 6) is -1.09. The molecule has 1 aliphatic carbocycles. The lowest BCUT2D eigenvalue weighted by molar-refractivity contribution is -0.155. The van der Waals surface area contributed by atoms with Crippen LogP contribution in [0.3, 0.4) is 0 Å². The standard InChI is InChI=1S/C18H28O3/c1-14(2)8-7-9-15(3)12-13-21-18(20)17(19)16-10-5-4-6-11-16/h8,12,16H,4-7,9-11,13H2,1-3H3/b15-12+. The van der Waals surface area contributed by atoms with Crippen molar-refractivity contribution in [2.45, 2.75) is 65.7 Å². The van der Waals surface area contributed by atoms with E-state index in [4.69, 9.17) is 4.74 Å². The third kappa shape index (κ3) is 7.26. The molecule has 1 saturated carbocycles. The molecule has 0 aromatic rings. The maximum Gasteiger partial charge on any atom is 0.375 e. The van der Waals surface area contributed by atoms with E-state index in [9.17, 15) is 9.59 Å². The van der Waals surface area contributed by atoms with E-state index in [1.807, 2.05) is 13.0 Å². The van der Waals surface area contributed by atoms with Gasteiger partial charge in [0.2, 0.25) is 5.78 Å². The molecule has 0 atom stereocenters. The van der Waals surface area contributed by atoms with Gasteiger partial charge in [-0.2, -0.15) is 0 Å². The maximum absolute atomic E-state index is 11.9. The minimum atomic E-state index is -0.657. The molecular formula is C18H28O3. The first-order chi connectivity index (χ1) is 10.0. The van der Waals surface area contributed by atoms with Crippen LogP contribution in [0.25, 0.3) is 0 Å². The topological polar surface area (TPSA) is 43.4 Å². The van der Waals surface area contributed by atoms with Crippen molar-refractivity contribution >= 4 is 11.8 Å². The lowest BCUT2D eigenvalue weighted by Gasteiger charge is -2.18. The van der Waals surface area contributed by atoms with Crippen molar-refractivity contribution in [2.24, 2.45) is 5.92 Å². The van der Waals surface area contributed by atoms with Gasteiger partial charge >= 0.3 is 5.97 Å². The molecule has 0 amide bonds. The SMILES string of the molecule is CC(C)=CCC/C(C)=C/COC(=O)C(=O)C1CCCCC1. The molecule has 1 fully saturated rings. The summed E-state index contributed by atoms with van der Waals surface area (Å²) in [6.45, 7) is 6.39. The van der Waals surface area contributed by atoms with E-state index in [0.29, 0.717) is 0 Å². The molecule has 0 bridgehead atoms. The quantitative estimate of drug-likeness (QED) is 0.397. The van der Waals surface area contributed by atoms with Gasteiger partial charge < -0.3 is 4.74 Å². The average Bonchev–Trinajstić information content (AvgIpc) is 2.46. The Morgan fingerprint density at radius 1 is 1.05 bits per heavy atom. The number of rotatable bonds is 7. The van der Waals surface area contributed by atoms with Crippen molar-refractivity contribution in [2.75, 3.05) is 6.61 Å². The van der Waals surface area contributed by atoms with Crippen LogP contribution >= 0.6 is 0 Å². The number of allylic oxidation sites excluding steroid dienone is 3. The van der Waals surface area contributed by atoms with E-state index < -0.39 is 5.97 Å². The summed E-state index contributed by atoms with van der Waals surface area (Å²) in [5.41, 5.74) is 2.50. The molecule has 118 valence electrons. The zero-order chi connectivity index (χ0) is 15.7. The highest BCUT2D eigenvalue weighted by Gasteiger charge is 2.27. The van der Waals surface area contributed by atoms with Gasteiger partial charge in [-0.15, -0.1) is 0 Å². The maximum atomic E-state index is 11.9. The monoisotopic (exact) mass is 292 g/mol. The Hall–Kier alpha value is -1.38. The van der Waals surface area contributed by atoms with Crippen molar-refractivity contribution in [3.8, 4) is 0 Å². The van der Waals surface area contributed by atoms with Gasteiger partial charge in [0.05, 0.1) is 0 Å². The summed E-state index contributed by atoms with van der Waals surface area (Å²) >= 11 is 0. The van der Waals surface area contributed by atoms with Gasteiger partial charge in [-0.1, -0.05) is 36.5 Å². The molecule has 0 aliphatic heterocycles. The predicted molar refractivity (Wildman–Crippen MR) is 85.0 cm³/mol. The fourth-order valence-corrected chi connectivity index (χ4v) is 2.55. The van der Waals surface area contributed by atoms with Gasteiger partial charge in [0.25, 0.3) is 0 Å². The highest BCUT2D eigenvalue weighted by Crippen LogP contribution is 2.24. The number of carbonyl (C=O) groups is 2. The van der Waals surface area contributed by atoms with E-state index in [0.717, 1.165) is 38.5 Å². The van der Waals surface area contributed by atoms with Crippen molar-refractivity contribution < 1.29 is 14.3 Å². The summed E-state index contributed by atoms with van der Waals surface area (Å²) in [4.78, 5) is 23.6. The number of ketones is 1. The first-order valence-electron chi connectivity index (χ1n) is 8.00. The van der Waals surface area contributed by atoms with Crippen molar-refractivity contribution in [3.05, 3.63) is 23.3 Å². The van der Waals surface area contributed by atoms with Crippen LogP contribution in [0.15, 0.2) is 23.3 Å². The molecule has 0 aromatic heterocycles. The van der Waals surface area contributed by atoms with Gasteiger partial charge in [-0.3, -0.25) is 4.79 Å². The van der Waals surface area contributed by atoms with Gasteiger partial charge in [0, 0.05) is 5.92 Å². The van der Waals surface area contributed by atoms with E-state index >= 15 is 0 Å². The minimum absolute atomic E-state index is 0.103. The van der Waals surface area contributed by atoms with Crippen LogP contribution in [0.5, 0.6) is 0 Å². The molecule has 0 unspecified atom stereocenters. The fraction of sp³-hybridized carbons (Fsp3) is 0.667. The lowest BCUT2D eigenvalue weighted by atomic mass is 9.86. The Labute approximate surface area is 128 Å². The van der Waals surface area contributed by atoms with Crippen LogP contribution in [0.1, 0.15) is 65.7 Å². The van der Waals surface area contributed by atoms with Crippen LogP contribution in [0.2, 0.25) is 0 Å². The van der Waals surface area contributed by atoms with Crippen LogP contribution in [0, 0.1) is 5.92 Å². The van der Waals surface area contributed by atoms with E-state index in [-0.39, 0.29) is 18.3 Å². The molecule has 0 heterocycles. The lowest BCUT2D eigenvalue weighted by Crippen LogP contribution is -2.27. The largest absolute Gasteiger partial charge is 0.456 e. The zero-order valence-electron chi connectivity index (χ0n) is 13.6. The summed E-state index contributed by atoms with van der Waals surface area (Å²) in [5, 5.41) is 0. The van der Waals surface area contributed by atoms with Crippen molar-refractivity contribution in [1.82, 2.24) is 0 Å². The normalized spacial score (nSPS) is 16.4. The molecule has 1 rings (SSSR count). The van der Waals surface area contributed by atoms with E-state index in [2.05, 4.69) is 19.9 Å². The Morgan fingerprint density at radius 2 is 1.71 bits per heavy atom. The van der Waals surface area contributed by atoms with E-state index in [1.165, 1.54) is 17.6 Å². The van der Waals surface area contributed by atoms with Gasteiger partial charge in [-0.25, -0.2) is 4.79 Å². The number of hydrogen-bond donors (Lipinski definition) is 0. The molecule has 0 aromatic carbocycles. The molecule has 0 saturated heterocycles. The summed E-state index contributed by atoms with van der Waals surface area (Å²) in [6.07, 6.45) is 11.0. The third-order valence-electron chi connectivity index (χ3n) is 3.91. The Balaban J connectivity index is 2.28. The molecule has 3 nitrogen and oxygen atoms in total. The summed E-state index contributed by atoms with van der Waals surface area (Å²) in [7, 11) is 0. The second kappa shape index (κ2) is 9.54. The van der Waals surface area contributed by atoms with Crippen LogP contribution in [0.4, 0.5) is 0 Å². The zero-order valence-corrected chi connectivity index (χ0v) is 13.6. The highest BCUT2D eigenvalue weighted by atomic mass is 16.5. The van der Waals surface area contributed by atoms with Crippen LogP contribution < -0.4 is 0 Å².